The summed E-state index contributed by atoms with van der Waals surface area (Å²) in [5, 5.41) is 10.0. The van der Waals surface area contributed by atoms with Crippen LogP contribution < -0.4 is 0 Å². The molecule has 0 saturated carbocycles. The number of morpholine rings is 1. The summed E-state index contributed by atoms with van der Waals surface area (Å²) in [6, 6.07) is 0. The summed E-state index contributed by atoms with van der Waals surface area (Å²) in [5.74, 6) is -0.448. The second-order valence-electron chi connectivity index (χ2n) is 6.16. The number of hydrogen-bond donors (Lipinski definition) is 1. The molecule has 2 saturated heterocycles. The lowest BCUT2D eigenvalue weighted by Crippen LogP contribution is -2.63. The molecule has 0 aromatic carbocycles. The quantitative estimate of drug-likeness (QED) is 0.742. The summed E-state index contributed by atoms with van der Waals surface area (Å²) >= 11 is 0. The van der Waals surface area contributed by atoms with Gasteiger partial charge in [0.2, 0.25) is 0 Å². The average molecular weight is 351 g/mol. The Hall–Kier alpha value is -1.52. The van der Waals surface area contributed by atoms with E-state index in [1.165, 1.54) is 24.0 Å². The molecule has 2 rings (SSSR count). The lowest BCUT2D eigenvalue weighted by molar-refractivity contribution is -0.213. The Kier molecular flexibility index (Phi) is 5.94. The smallest absolute Gasteiger partial charge is 0.407 e. The number of carboxylic acid groups (broad SMARTS) is 1. The number of halogens is 2. The molecule has 1 unspecified atom stereocenters. The molecule has 24 heavy (non-hydrogen) atoms. The van der Waals surface area contributed by atoms with Crippen molar-refractivity contribution >= 4 is 12.0 Å². The molecule has 8 nitrogen and oxygen atoms in total. The summed E-state index contributed by atoms with van der Waals surface area (Å²) < 4.78 is 31.6. The maximum Gasteiger partial charge on any atom is 0.407 e. The Balaban J connectivity index is 2.12. The van der Waals surface area contributed by atoms with Crippen LogP contribution in [-0.4, -0.2) is 97.0 Å². The predicted octanol–water partition coefficient (Wildman–Crippen LogP) is 0.485. The highest BCUT2D eigenvalue weighted by molar-refractivity contribution is 5.80. The minimum atomic E-state index is -2.52. The highest BCUT2D eigenvalue weighted by atomic mass is 19.3. The zero-order valence-corrected chi connectivity index (χ0v) is 13.8. The van der Waals surface area contributed by atoms with E-state index in [9.17, 15) is 18.4 Å². The molecule has 0 aromatic rings. The molecule has 0 bridgehead atoms. The number of piperidine rings is 1. The molecule has 138 valence electrons. The van der Waals surface area contributed by atoms with Gasteiger partial charge in [0.25, 0.3) is 12.3 Å². The fourth-order valence-corrected chi connectivity index (χ4v) is 3.22. The summed E-state index contributed by atoms with van der Waals surface area (Å²) in [7, 11) is 2.76. The van der Waals surface area contributed by atoms with Gasteiger partial charge in [-0.05, 0) is 12.8 Å². The van der Waals surface area contributed by atoms with Crippen LogP contribution in [-0.2, 0) is 14.4 Å². The fraction of sp³-hybridized carbons (Fsp3) is 0.857. The summed E-state index contributed by atoms with van der Waals surface area (Å²) in [4.78, 5) is 31.0. The molecule has 1 N–H and O–H groups in total. The van der Waals surface area contributed by atoms with Gasteiger partial charge in [0.05, 0.1) is 19.3 Å². The van der Waals surface area contributed by atoms with Crippen molar-refractivity contribution in [3.05, 3.63) is 0 Å². The monoisotopic (exact) mass is 351 g/mol. The number of likely N-dealkylation sites (tertiary alicyclic amines) is 1. The second kappa shape index (κ2) is 7.58. The minimum Gasteiger partial charge on any atom is -0.465 e. The van der Waals surface area contributed by atoms with Gasteiger partial charge in [0, 0.05) is 33.2 Å². The SMILES string of the molecule is CON(C)C(=O)C1CN(CC(F)F)CC2(CCN(C(=O)O)CC2)O1. The number of carbonyl (C=O) groups excluding carboxylic acids is 1. The van der Waals surface area contributed by atoms with Crippen molar-refractivity contribution in [2.24, 2.45) is 0 Å². The lowest BCUT2D eigenvalue weighted by Gasteiger charge is -2.49. The van der Waals surface area contributed by atoms with Gasteiger partial charge in [-0.3, -0.25) is 14.5 Å². The van der Waals surface area contributed by atoms with Crippen molar-refractivity contribution in [2.75, 3.05) is 46.9 Å². The average Bonchev–Trinajstić information content (AvgIpc) is 2.52. The van der Waals surface area contributed by atoms with Gasteiger partial charge >= 0.3 is 6.09 Å². The van der Waals surface area contributed by atoms with Crippen molar-refractivity contribution < 1.29 is 33.1 Å². The molecule has 0 radical (unpaired) electrons. The fourth-order valence-electron chi connectivity index (χ4n) is 3.22. The van der Waals surface area contributed by atoms with Crippen molar-refractivity contribution in [1.82, 2.24) is 14.9 Å². The molecule has 1 spiro atoms. The first-order chi connectivity index (χ1) is 11.3. The van der Waals surface area contributed by atoms with E-state index in [1.54, 1.807) is 0 Å². The predicted molar refractivity (Wildman–Crippen MR) is 78.7 cm³/mol. The second-order valence-corrected chi connectivity index (χ2v) is 6.16. The maximum absolute atomic E-state index is 12.8. The molecule has 1 atom stereocenters. The molecule has 2 aliphatic rings. The van der Waals surface area contributed by atoms with E-state index in [0.29, 0.717) is 12.8 Å². The minimum absolute atomic E-state index is 0.0568. The standard InChI is InChI=1S/C14H23F2N3O5/c1-17(23-2)12(20)10-7-18(8-11(15)16)9-14(24-10)3-5-19(6-4-14)13(21)22/h10-11H,3-9H2,1-2H3,(H,21,22). The zero-order chi connectivity index (χ0) is 17.9. The number of likely N-dealkylation sites (N-methyl/N-ethyl adjacent to an activating group) is 1. The van der Waals surface area contributed by atoms with Gasteiger partial charge < -0.3 is 14.7 Å². The van der Waals surface area contributed by atoms with Crippen molar-refractivity contribution in [2.45, 2.75) is 31.0 Å². The van der Waals surface area contributed by atoms with Crippen LogP contribution in [0.2, 0.25) is 0 Å². The van der Waals surface area contributed by atoms with Crippen LogP contribution in [0.3, 0.4) is 0 Å². The molecule has 2 amide bonds. The van der Waals surface area contributed by atoms with E-state index in [0.717, 1.165) is 5.06 Å². The van der Waals surface area contributed by atoms with Crippen LogP contribution >= 0.6 is 0 Å². The zero-order valence-electron chi connectivity index (χ0n) is 13.8. The third-order valence-electron chi connectivity index (χ3n) is 4.53. The Morgan fingerprint density at radius 1 is 1.42 bits per heavy atom. The van der Waals surface area contributed by atoms with Gasteiger partial charge in [-0.1, -0.05) is 0 Å². The molecule has 0 aliphatic carbocycles. The molecule has 2 aliphatic heterocycles. The molecular weight excluding hydrogens is 328 g/mol. The number of hydroxylamine groups is 2. The number of alkyl halides is 2. The molecule has 0 aromatic heterocycles. The lowest BCUT2D eigenvalue weighted by atomic mass is 9.88. The number of carbonyl (C=O) groups is 2. The number of amides is 2. The van der Waals surface area contributed by atoms with E-state index >= 15 is 0 Å². The molecular formula is C14H23F2N3O5. The van der Waals surface area contributed by atoms with Crippen molar-refractivity contribution in [3.8, 4) is 0 Å². The topological polar surface area (TPSA) is 82.6 Å². The van der Waals surface area contributed by atoms with Crippen LogP contribution in [0, 0.1) is 0 Å². The van der Waals surface area contributed by atoms with Crippen molar-refractivity contribution in [3.63, 3.8) is 0 Å². The van der Waals surface area contributed by atoms with E-state index in [2.05, 4.69) is 0 Å². The Morgan fingerprint density at radius 2 is 2.04 bits per heavy atom. The van der Waals surface area contributed by atoms with Gasteiger partial charge in [0.1, 0.15) is 0 Å². The number of nitrogens with zero attached hydrogens (tertiary/aromatic N) is 3. The largest absolute Gasteiger partial charge is 0.465 e. The Bertz CT molecular complexity index is 471. The molecule has 2 fully saturated rings. The third kappa shape index (κ3) is 4.31. The van der Waals surface area contributed by atoms with Gasteiger partial charge in [0.15, 0.2) is 6.10 Å². The van der Waals surface area contributed by atoms with E-state index in [-0.39, 0.29) is 26.2 Å². The first-order valence-electron chi connectivity index (χ1n) is 7.74. The van der Waals surface area contributed by atoms with E-state index < -0.39 is 36.7 Å². The van der Waals surface area contributed by atoms with Crippen LogP contribution in [0.15, 0.2) is 0 Å². The third-order valence-corrected chi connectivity index (χ3v) is 4.53. The van der Waals surface area contributed by atoms with Gasteiger partial charge in [-0.15, -0.1) is 0 Å². The van der Waals surface area contributed by atoms with Gasteiger partial charge in [-0.2, -0.15) is 0 Å². The van der Waals surface area contributed by atoms with Crippen LogP contribution in [0.5, 0.6) is 0 Å². The van der Waals surface area contributed by atoms with Crippen LogP contribution in [0.25, 0.3) is 0 Å². The number of hydrogen-bond acceptors (Lipinski definition) is 5. The summed E-state index contributed by atoms with van der Waals surface area (Å²) in [6.45, 7) is 0.360. The highest BCUT2D eigenvalue weighted by Gasteiger charge is 2.46. The maximum atomic E-state index is 12.8. The van der Waals surface area contributed by atoms with E-state index in [1.807, 2.05) is 0 Å². The van der Waals surface area contributed by atoms with E-state index in [4.69, 9.17) is 14.7 Å². The summed E-state index contributed by atoms with van der Waals surface area (Å²) in [6.07, 6.45) is -3.73. The molecule has 2 heterocycles. The number of rotatable bonds is 4. The normalized spacial score (nSPS) is 24.4. The molecule has 10 heteroatoms. The van der Waals surface area contributed by atoms with Gasteiger partial charge in [-0.25, -0.2) is 18.6 Å². The highest BCUT2D eigenvalue weighted by Crippen LogP contribution is 2.33. The van der Waals surface area contributed by atoms with Crippen LogP contribution in [0.4, 0.5) is 13.6 Å². The van der Waals surface area contributed by atoms with Crippen molar-refractivity contribution in [1.29, 1.82) is 0 Å². The first kappa shape index (κ1) is 18.8. The summed E-state index contributed by atoms with van der Waals surface area (Å²) in [5.41, 5.74) is -0.798. The number of ether oxygens (including phenoxy) is 1. The van der Waals surface area contributed by atoms with Crippen LogP contribution in [0.1, 0.15) is 12.8 Å². The first-order valence-corrected chi connectivity index (χ1v) is 7.74. The Morgan fingerprint density at radius 3 is 2.54 bits per heavy atom. The Labute approximate surface area is 138 Å².